The van der Waals surface area contributed by atoms with Crippen molar-refractivity contribution in [2.45, 2.75) is 12.8 Å². The molecule has 216 valence electrons. The molecule has 1 atom stereocenters. The topological polar surface area (TPSA) is 109 Å². The summed E-state index contributed by atoms with van der Waals surface area (Å²) in [5.41, 5.74) is 1.36. The van der Waals surface area contributed by atoms with Crippen molar-refractivity contribution in [1.29, 1.82) is 0 Å². The zero-order chi connectivity index (χ0) is 29.1. The number of amides is 2. The molecule has 1 unspecified atom stereocenters. The minimum atomic E-state index is -1.22. The summed E-state index contributed by atoms with van der Waals surface area (Å²) >= 11 is 0. The lowest BCUT2D eigenvalue weighted by Gasteiger charge is -2.34. The van der Waals surface area contributed by atoms with Crippen LogP contribution in [0.4, 0.5) is 16.0 Å². The van der Waals surface area contributed by atoms with E-state index in [1.807, 2.05) is 35.2 Å². The molecule has 10 nitrogen and oxygen atoms in total. The van der Waals surface area contributed by atoms with Crippen molar-refractivity contribution in [1.82, 2.24) is 20.2 Å². The third kappa shape index (κ3) is 8.32. The lowest BCUT2D eigenvalue weighted by Crippen LogP contribution is -2.52. The number of rotatable bonds is 11. The Morgan fingerprint density at radius 1 is 0.833 bits per heavy atom. The normalized spacial score (nSPS) is 14.2. The number of nitrogens with one attached hydrogen (secondary N) is 2. The molecule has 1 aromatic heterocycles. The Bertz CT molecular complexity index is 1430. The van der Waals surface area contributed by atoms with Crippen LogP contribution in [0.3, 0.4) is 0 Å². The number of hydrogen-bond acceptors (Lipinski definition) is 8. The number of carbonyl (C=O) groups is 2. The molecule has 1 aliphatic heterocycles. The van der Waals surface area contributed by atoms with Gasteiger partial charge in [0.15, 0.2) is 0 Å². The Morgan fingerprint density at radius 2 is 1.48 bits per heavy atom. The van der Waals surface area contributed by atoms with Crippen LogP contribution in [0.25, 0.3) is 0 Å². The SMILES string of the molecule is O=C(CN1CCN(c2ncccn2)CC1)NC(OCc1ccccc1)C(=O)Nc1ccc(Oc2ccc(F)cc2)cc1. The third-order valence-corrected chi connectivity index (χ3v) is 6.54. The lowest BCUT2D eigenvalue weighted by molar-refractivity contribution is -0.138. The van der Waals surface area contributed by atoms with Crippen molar-refractivity contribution in [3.63, 3.8) is 0 Å². The van der Waals surface area contributed by atoms with Crippen molar-refractivity contribution < 1.29 is 23.5 Å². The number of nitrogens with zero attached hydrogens (tertiary/aromatic N) is 4. The minimum absolute atomic E-state index is 0.122. The molecule has 2 N–H and O–H groups in total. The number of piperazine rings is 1. The van der Waals surface area contributed by atoms with Crippen molar-refractivity contribution in [3.05, 3.63) is 109 Å². The summed E-state index contributed by atoms with van der Waals surface area (Å²) in [5, 5.41) is 5.53. The van der Waals surface area contributed by atoms with Gasteiger partial charge >= 0.3 is 0 Å². The van der Waals surface area contributed by atoms with Gasteiger partial charge in [0, 0.05) is 44.3 Å². The van der Waals surface area contributed by atoms with Crippen LogP contribution in [0.15, 0.2) is 97.3 Å². The molecular formula is C31H31FN6O4. The average molecular weight is 571 g/mol. The Hall–Kier alpha value is -4.87. The van der Waals surface area contributed by atoms with Crippen LogP contribution < -0.4 is 20.3 Å². The van der Waals surface area contributed by atoms with Crippen molar-refractivity contribution in [2.75, 3.05) is 42.9 Å². The molecule has 2 amide bonds. The second-order valence-corrected chi connectivity index (χ2v) is 9.63. The maximum atomic E-state index is 13.2. The number of anilines is 2. The van der Waals surface area contributed by atoms with Gasteiger partial charge in [-0.3, -0.25) is 14.5 Å². The molecule has 42 heavy (non-hydrogen) atoms. The molecule has 0 aliphatic carbocycles. The van der Waals surface area contributed by atoms with Crippen LogP contribution in [-0.4, -0.2) is 65.6 Å². The van der Waals surface area contributed by atoms with E-state index in [4.69, 9.17) is 9.47 Å². The number of ether oxygens (including phenoxy) is 2. The molecule has 1 saturated heterocycles. The summed E-state index contributed by atoms with van der Waals surface area (Å²) in [6, 6.07) is 23.6. The summed E-state index contributed by atoms with van der Waals surface area (Å²) in [6.45, 7) is 2.94. The van der Waals surface area contributed by atoms with E-state index in [9.17, 15) is 14.0 Å². The summed E-state index contributed by atoms with van der Waals surface area (Å²) < 4.78 is 24.7. The van der Waals surface area contributed by atoms with Crippen LogP contribution >= 0.6 is 0 Å². The molecule has 1 fully saturated rings. The summed E-state index contributed by atoms with van der Waals surface area (Å²) in [4.78, 5) is 38.9. The Morgan fingerprint density at radius 3 is 2.14 bits per heavy atom. The Kier molecular flexibility index (Phi) is 9.65. The number of hydrogen-bond donors (Lipinski definition) is 2. The zero-order valence-corrected chi connectivity index (χ0v) is 22.9. The highest BCUT2D eigenvalue weighted by Crippen LogP contribution is 2.23. The first-order chi connectivity index (χ1) is 20.5. The second kappa shape index (κ2) is 14.2. The highest BCUT2D eigenvalue weighted by atomic mass is 19.1. The van der Waals surface area contributed by atoms with Crippen LogP contribution in [0.2, 0.25) is 0 Å². The third-order valence-electron chi connectivity index (χ3n) is 6.54. The second-order valence-electron chi connectivity index (χ2n) is 9.63. The van der Waals surface area contributed by atoms with Gasteiger partial charge in [-0.15, -0.1) is 0 Å². The smallest absolute Gasteiger partial charge is 0.274 e. The molecule has 3 aromatic carbocycles. The minimum Gasteiger partial charge on any atom is -0.457 e. The van der Waals surface area contributed by atoms with E-state index in [0.717, 1.165) is 5.56 Å². The largest absolute Gasteiger partial charge is 0.457 e. The highest BCUT2D eigenvalue weighted by Gasteiger charge is 2.25. The molecule has 11 heteroatoms. The van der Waals surface area contributed by atoms with E-state index in [1.165, 1.54) is 24.3 Å². The molecule has 0 bridgehead atoms. The molecule has 0 saturated carbocycles. The van der Waals surface area contributed by atoms with Gasteiger partial charge in [0.25, 0.3) is 5.91 Å². The number of halogens is 1. The summed E-state index contributed by atoms with van der Waals surface area (Å²) in [7, 11) is 0. The fraction of sp³-hybridized carbons (Fsp3) is 0.226. The number of aromatic nitrogens is 2. The van der Waals surface area contributed by atoms with Gasteiger partial charge in [-0.25, -0.2) is 14.4 Å². The quantitative estimate of drug-likeness (QED) is 0.262. The summed E-state index contributed by atoms with van der Waals surface area (Å²) in [5.74, 6) is 0.483. The molecule has 4 aromatic rings. The molecule has 0 radical (unpaired) electrons. The van der Waals surface area contributed by atoms with E-state index >= 15 is 0 Å². The van der Waals surface area contributed by atoms with Gasteiger partial charge in [-0.05, 0) is 60.2 Å². The van der Waals surface area contributed by atoms with Crippen LogP contribution in [0.5, 0.6) is 11.5 Å². The maximum absolute atomic E-state index is 13.2. The van der Waals surface area contributed by atoms with E-state index in [1.54, 1.807) is 42.7 Å². The summed E-state index contributed by atoms with van der Waals surface area (Å²) in [6.07, 6.45) is 2.20. The van der Waals surface area contributed by atoms with Crippen molar-refractivity contribution >= 4 is 23.5 Å². The first kappa shape index (κ1) is 28.7. The van der Waals surface area contributed by atoms with Crippen molar-refractivity contribution in [3.8, 4) is 11.5 Å². The van der Waals surface area contributed by atoms with Gasteiger partial charge in [-0.1, -0.05) is 30.3 Å². The van der Waals surface area contributed by atoms with Crippen LogP contribution in [-0.2, 0) is 20.9 Å². The Labute approximate surface area is 243 Å². The van der Waals surface area contributed by atoms with E-state index in [2.05, 4.69) is 25.5 Å². The van der Waals surface area contributed by atoms with Crippen LogP contribution in [0.1, 0.15) is 5.56 Å². The predicted molar refractivity (Wildman–Crippen MR) is 155 cm³/mol. The standard InChI is InChI=1S/C31H31FN6O4/c32-24-7-11-26(12-8-24)42-27-13-9-25(10-14-27)35-29(40)30(41-22-23-5-2-1-3-6-23)36-28(39)21-37-17-19-38(20-18-37)31-33-15-4-16-34-31/h1-16,30H,17-22H2,(H,35,40)(H,36,39). The molecule has 5 rings (SSSR count). The molecule has 0 spiro atoms. The average Bonchev–Trinajstić information content (AvgIpc) is 3.02. The fourth-order valence-electron chi connectivity index (χ4n) is 4.34. The van der Waals surface area contributed by atoms with Gasteiger partial charge in [0.05, 0.1) is 13.2 Å². The first-order valence-electron chi connectivity index (χ1n) is 13.6. The predicted octanol–water partition coefficient (Wildman–Crippen LogP) is 3.83. The number of carbonyl (C=O) groups excluding carboxylic acids is 2. The van der Waals surface area contributed by atoms with Gasteiger partial charge in [0.1, 0.15) is 17.3 Å². The maximum Gasteiger partial charge on any atom is 0.274 e. The van der Waals surface area contributed by atoms with Crippen LogP contribution in [0, 0.1) is 5.82 Å². The monoisotopic (exact) mass is 570 g/mol. The van der Waals surface area contributed by atoms with E-state index in [-0.39, 0.29) is 24.9 Å². The lowest BCUT2D eigenvalue weighted by atomic mass is 10.2. The molecule has 2 heterocycles. The zero-order valence-electron chi connectivity index (χ0n) is 22.9. The van der Waals surface area contributed by atoms with Gasteiger partial charge in [-0.2, -0.15) is 0 Å². The highest BCUT2D eigenvalue weighted by molar-refractivity contribution is 5.96. The molecular weight excluding hydrogens is 539 g/mol. The fourth-order valence-corrected chi connectivity index (χ4v) is 4.34. The van der Waals surface area contributed by atoms with Crippen molar-refractivity contribution in [2.24, 2.45) is 0 Å². The van der Waals surface area contributed by atoms with E-state index < -0.39 is 12.1 Å². The number of benzene rings is 3. The Balaban J connectivity index is 1.17. The molecule has 1 aliphatic rings. The van der Waals surface area contributed by atoms with Gasteiger partial charge in [0.2, 0.25) is 18.1 Å². The van der Waals surface area contributed by atoms with E-state index in [0.29, 0.717) is 49.3 Å². The first-order valence-corrected chi connectivity index (χ1v) is 13.6. The van der Waals surface area contributed by atoms with Gasteiger partial charge < -0.3 is 25.0 Å².